The molecule has 1 aromatic rings. The second-order valence-electron chi connectivity index (χ2n) is 5.29. The molecule has 0 aromatic carbocycles. The molecule has 0 amide bonds. The van der Waals surface area contributed by atoms with Crippen LogP contribution in [-0.4, -0.2) is 17.1 Å². The fraction of sp³-hybridized carbons (Fsp3) is 0.571. The van der Waals surface area contributed by atoms with Crippen LogP contribution in [0.15, 0.2) is 18.3 Å². The maximum absolute atomic E-state index is 13.3. The van der Waals surface area contributed by atoms with Crippen molar-refractivity contribution in [3.8, 4) is 0 Å². The van der Waals surface area contributed by atoms with Gasteiger partial charge >= 0.3 is 5.97 Å². The van der Waals surface area contributed by atoms with E-state index < -0.39 is 11.9 Å². The maximum atomic E-state index is 13.3. The molecule has 0 aliphatic heterocycles. The number of carbonyl (C=O) groups is 1. The number of pyridine rings is 1. The first kappa shape index (κ1) is 13.0. The largest absolute Gasteiger partial charge is 0.459 e. The summed E-state index contributed by atoms with van der Waals surface area (Å²) >= 11 is 0. The van der Waals surface area contributed by atoms with Crippen LogP contribution >= 0.6 is 0 Å². The van der Waals surface area contributed by atoms with E-state index in [2.05, 4.69) is 18.8 Å². The fourth-order valence-electron chi connectivity index (χ4n) is 2.72. The van der Waals surface area contributed by atoms with Gasteiger partial charge in [0.25, 0.3) is 0 Å². The van der Waals surface area contributed by atoms with Crippen molar-refractivity contribution in [2.24, 2.45) is 11.8 Å². The van der Waals surface area contributed by atoms with E-state index in [-0.39, 0.29) is 11.7 Å². The smallest absolute Gasteiger partial charge is 0.343 e. The summed E-state index contributed by atoms with van der Waals surface area (Å²) in [7, 11) is 0. The van der Waals surface area contributed by atoms with Gasteiger partial charge in [-0.2, -0.15) is 4.39 Å². The van der Waals surface area contributed by atoms with Gasteiger partial charge in [0.1, 0.15) is 11.7 Å². The van der Waals surface area contributed by atoms with E-state index in [4.69, 9.17) is 4.74 Å². The maximum Gasteiger partial charge on any atom is 0.343 e. The highest BCUT2D eigenvalue weighted by Gasteiger charge is 2.27. The number of hydrogen-bond acceptors (Lipinski definition) is 3. The molecule has 0 spiro atoms. The number of rotatable bonds is 2. The molecule has 2 atom stereocenters. The normalized spacial score (nSPS) is 27.8. The van der Waals surface area contributed by atoms with Gasteiger partial charge < -0.3 is 4.74 Å². The van der Waals surface area contributed by atoms with Gasteiger partial charge in [-0.05, 0) is 43.2 Å². The zero-order valence-corrected chi connectivity index (χ0v) is 10.7. The van der Waals surface area contributed by atoms with Gasteiger partial charge in [-0.25, -0.2) is 9.78 Å². The number of nitrogens with zero attached hydrogens (tertiary/aromatic N) is 1. The summed E-state index contributed by atoms with van der Waals surface area (Å²) in [5.74, 6) is -0.276. The summed E-state index contributed by atoms with van der Waals surface area (Å²) in [4.78, 5) is 15.3. The zero-order valence-electron chi connectivity index (χ0n) is 10.7. The van der Waals surface area contributed by atoms with Crippen LogP contribution in [0.5, 0.6) is 0 Å². The number of halogens is 1. The van der Waals surface area contributed by atoms with Crippen LogP contribution in [0.3, 0.4) is 0 Å². The summed E-state index contributed by atoms with van der Waals surface area (Å²) < 4.78 is 18.7. The van der Waals surface area contributed by atoms with E-state index in [1.54, 1.807) is 0 Å². The summed E-state index contributed by atoms with van der Waals surface area (Å²) in [5.41, 5.74) is -0.0802. The highest BCUT2D eigenvalue weighted by atomic mass is 19.1. The molecular formula is C14H18FNO2. The highest BCUT2D eigenvalue weighted by molar-refractivity contribution is 5.89. The van der Waals surface area contributed by atoms with Crippen molar-refractivity contribution in [3.05, 3.63) is 29.8 Å². The van der Waals surface area contributed by atoms with Gasteiger partial charge in [0.05, 0.1) is 0 Å². The van der Waals surface area contributed by atoms with Crippen molar-refractivity contribution < 1.29 is 13.9 Å². The van der Waals surface area contributed by atoms with Crippen LogP contribution < -0.4 is 0 Å². The average molecular weight is 251 g/mol. The van der Waals surface area contributed by atoms with Crippen LogP contribution in [0, 0.1) is 17.8 Å². The topological polar surface area (TPSA) is 39.2 Å². The lowest BCUT2D eigenvalue weighted by molar-refractivity contribution is 0.00752. The van der Waals surface area contributed by atoms with E-state index in [1.807, 2.05) is 0 Å². The number of esters is 1. The number of hydrogen-bond donors (Lipinski definition) is 0. The van der Waals surface area contributed by atoms with Gasteiger partial charge in [-0.3, -0.25) is 0 Å². The molecule has 1 saturated carbocycles. The van der Waals surface area contributed by atoms with Gasteiger partial charge in [0, 0.05) is 6.20 Å². The van der Waals surface area contributed by atoms with Crippen molar-refractivity contribution in [1.29, 1.82) is 0 Å². The molecule has 4 heteroatoms. The second kappa shape index (κ2) is 5.46. The van der Waals surface area contributed by atoms with Crippen molar-refractivity contribution in [3.63, 3.8) is 0 Å². The highest BCUT2D eigenvalue weighted by Crippen LogP contribution is 2.30. The molecular weight excluding hydrogens is 233 g/mol. The Hall–Kier alpha value is -1.45. The molecule has 1 heterocycles. The van der Waals surface area contributed by atoms with Crippen LogP contribution in [0.4, 0.5) is 4.39 Å². The average Bonchev–Trinajstić information content (AvgIpc) is 2.27. The quantitative estimate of drug-likeness (QED) is 0.598. The summed E-state index contributed by atoms with van der Waals surface area (Å²) in [6.45, 7) is 4.31. The van der Waals surface area contributed by atoms with E-state index >= 15 is 0 Å². The minimum absolute atomic E-state index is 0.0802. The Morgan fingerprint density at radius 1 is 1.33 bits per heavy atom. The standard InChI is InChI=1S/C14H18FNO2/c1-9-6-10(2)8-11(7-9)18-14(17)12-4-3-5-16-13(12)15/h3-5,9-11H,6-8H2,1-2H3. The van der Waals surface area contributed by atoms with E-state index in [1.165, 1.54) is 18.3 Å². The molecule has 1 fully saturated rings. The molecule has 3 nitrogen and oxygen atoms in total. The number of ether oxygens (including phenoxy) is 1. The minimum atomic E-state index is -0.764. The van der Waals surface area contributed by atoms with Crippen LogP contribution in [0.2, 0.25) is 0 Å². The Morgan fingerprint density at radius 2 is 2.00 bits per heavy atom. The Labute approximate surface area is 106 Å². The first-order chi connectivity index (χ1) is 8.56. The predicted octanol–water partition coefficient (Wildman–Crippen LogP) is 3.20. The molecule has 1 aliphatic rings. The molecule has 0 bridgehead atoms. The van der Waals surface area contributed by atoms with Crippen LogP contribution in [0.25, 0.3) is 0 Å². The molecule has 0 saturated heterocycles. The summed E-state index contributed by atoms with van der Waals surface area (Å²) in [5, 5.41) is 0. The Morgan fingerprint density at radius 3 is 2.61 bits per heavy atom. The third-order valence-electron chi connectivity index (χ3n) is 3.39. The molecule has 0 N–H and O–H groups in total. The molecule has 0 radical (unpaired) electrons. The fourth-order valence-corrected chi connectivity index (χ4v) is 2.72. The SMILES string of the molecule is CC1CC(C)CC(OC(=O)c2cccnc2F)C1. The van der Waals surface area contributed by atoms with E-state index in [0.717, 1.165) is 19.3 Å². The molecule has 98 valence electrons. The van der Waals surface area contributed by atoms with Crippen molar-refractivity contribution in [1.82, 2.24) is 4.98 Å². The lowest BCUT2D eigenvalue weighted by Gasteiger charge is -2.30. The monoisotopic (exact) mass is 251 g/mol. The Kier molecular flexibility index (Phi) is 3.94. The molecule has 18 heavy (non-hydrogen) atoms. The third-order valence-corrected chi connectivity index (χ3v) is 3.39. The first-order valence-corrected chi connectivity index (χ1v) is 6.37. The summed E-state index contributed by atoms with van der Waals surface area (Å²) in [6, 6.07) is 2.94. The van der Waals surface area contributed by atoms with Crippen molar-refractivity contribution in [2.45, 2.75) is 39.2 Å². The first-order valence-electron chi connectivity index (χ1n) is 6.37. The lowest BCUT2D eigenvalue weighted by atomic mass is 9.82. The van der Waals surface area contributed by atoms with E-state index in [9.17, 15) is 9.18 Å². The predicted molar refractivity (Wildman–Crippen MR) is 65.6 cm³/mol. The van der Waals surface area contributed by atoms with Gasteiger partial charge in [-0.15, -0.1) is 0 Å². The third kappa shape index (κ3) is 3.06. The lowest BCUT2D eigenvalue weighted by Crippen LogP contribution is -2.28. The van der Waals surface area contributed by atoms with Gasteiger partial charge in [0.15, 0.2) is 0 Å². The Balaban J connectivity index is 2.01. The van der Waals surface area contributed by atoms with Gasteiger partial charge in [-0.1, -0.05) is 13.8 Å². The van der Waals surface area contributed by atoms with Crippen LogP contribution in [0.1, 0.15) is 43.5 Å². The zero-order chi connectivity index (χ0) is 13.1. The van der Waals surface area contributed by atoms with Crippen molar-refractivity contribution in [2.75, 3.05) is 0 Å². The Bertz CT molecular complexity index is 426. The molecule has 1 aliphatic carbocycles. The number of carbonyl (C=O) groups excluding carboxylic acids is 1. The molecule has 2 rings (SSSR count). The number of aromatic nitrogens is 1. The van der Waals surface area contributed by atoms with E-state index in [0.29, 0.717) is 11.8 Å². The molecule has 2 unspecified atom stereocenters. The van der Waals surface area contributed by atoms with Crippen molar-refractivity contribution >= 4 is 5.97 Å². The summed E-state index contributed by atoms with van der Waals surface area (Å²) in [6.07, 6.45) is 4.10. The minimum Gasteiger partial charge on any atom is -0.459 e. The van der Waals surface area contributed by atoms with Crippen LogP contribution in [-0.2, 0) is 4.74 Å². The van der Waals surface area contributed by atoms with Gasteiger partial charge in [0.2, 0.25) is 5.95 Å². The second-order valence-corrected chi connectivity index (χ2v) is 5.29. The molecule has 1 aromatic heterocycles.